The average Bonchev–Trinajstić information content (AvgIpc) is 2.26. The fourth-order valence-electron chi connectivity index (χ4n) is 1.49. The van der Waals surface area contributed by atoms with Gasteiger partial charge in [0.05, 0.1) is 5.75 Å². The molecule has 0 unspecified atom stereocenters. The SMILES string of the molecule is CCCCc1ccc(NCCS(=O)(=O)F)cc1. The summed E-state index contributed by atoms with van der Waals surface area (Å²) >= 11 is 0. The van der Waals surface area contributed by atoms with E-state index in [2.05, 4.69) is 12.2 Å². The zero-order valence-corrected chi connectivity index (χ0v) is 10.8. The standard InChI is InChI=1S/C12H18FNO2S/c1-2-3-4-11-5-7-12(8-6-11)14-9-10-17(13,15)16/h5-8,14H,2-4,9-10H2,1H3. The molecular formula is C12H18FNO2S. The van der Waals surface area contributed by atoms with Crippen LogP contribution in [0.2, 0.25) is 0 Å². The zero-order chi connectivity index (χ0) is 12.7. The van der Waals surface area contributed by atoms with E-state index >= 15 is 0 Å². The number of hydrogen-bond donors (Lipinski definition) is 1. The van der Waals surface area contributed by atoms with E-state index in [1.165, 1.54) is 5.56 Å². The van der Waals surface area contributed by atoms with Crippen LogP contribution >= 0.6 is 0 Å². The number of anilines is 1. The number of nitrogens with one attached hydrogen (secondary N) is 1. The summed E-state index contributed by atoms with van der Waals surface area (Å²) in [5, 5.41) is 2.87. The minimum Gasteiger partial charge on any atom is -0.384 e. The van der Waals surface area contributed by atoms with Crippen LogP contribution in [0.1, 0.15) is 25.3 Å². The number of rotatable bonds is 7. The van der Waals surface area contributed by atoms with E-state index in [0.29, 0.717) is 0 Å². The molecule has 0 radical (unpaired) electrons. The molecule has 0 aliphatic carbocycles. The van der Waals surface area contributed by atoms with Crippen molar-refractivity contribution in [3.8, 4) is 0 Å². The van der Waals surface area contributed by atoms with Crippen molar-refractivity contribution in [2.75, 3.05) is 17.6 Å². The summed E-state index contributed by atoms with van der Waals surface area (Å²) in [7, 11) is -4.38. The molecule has 3 nitrogen and oxygen atoms in total. The summed E-state index contributed by atoms with van der Waals surface area (Å²) in [5.74, 6) is -0.495. The molecule has 0 bridgehead atoms. The molecule has 0 amide bonds. The smallest absolute Gasteiger partial charge is 0.304 e. The quantitative estimate of drug-likeness (QED) is 0.766. The van der Waals surface area contributed by atoms with Crippen molar-refractivity contribution in [2.45, 2.75) is 26.2 Å². The van der Waals surface area contributed by atoms with Crippen LogP contribution in [0, 0.1) is 0 Å². The Bertz CT molecular complexity index is 428. The van der Waals surface area contributed by atoms with Crippen LogP contribution in [-0.2, 0) is 16.6 Å². The fourth-order valence-corrected chi connectivity index (χ4v) is 1.83. The third-order valence-electron chi connectivity index (χ3n) is 2.45. The molecule has 0 atom stereocenters. The van der Waals surface area contributed by atoms with Crippen LogP contribution < -0.4 is 5.32 Å². The van der Waals surface area contributed by atoms with Crippen molar-refractivity contribution in [1.82, 2.24) is 0 Å². The zero-order valence-electron chi connectivity index (χ0n) is 9.95. The van der Waals surface area contributed by atoms with Crippen LogP contribution in [0.4, 0.5) is 9.57 Å². The Morgan fingerprint density at radius 1 is 1.24 bits per heavy atom. The molecule has 96 valence electrons. The molecule has 0 heterocycles. The Kier molecular flexibility index (Phi) is 5.41. The summed E-state index contributed by atoms with van der Waals surface area (Å²) in [6.07, 6.45) is 3.37. The van der Waals surface area contributed by atoms with Crippen molar-refractivity contribution < 1.29 is 12.3 Å². The number of hydrogen-bond acceptors (Lipinski definition) is 3. The van der Waals surface area contributed by atoms with Gasteiger partial charge in [0.15, 0.2) is 0 Å². The summed E-state index contributed by atoms with van der Waals surface area (Å²) in [6.45, 7) is 2.24. The number of benzene rings is 1. The van der Waals surface area contributed by atoms with E-state index in [1.54, 1.807) is 0 Å². The topological polar surface area (TPSA) is 46.2 Å². The second-order valence-electron chi connectivity index (χ2n) is 3.97. The lowest BCUT2D eigenvalue weighted by Crippen LogP contribution is -2.11. The predicted octanol–water partition coefficient (Wildman–Crippen LogP) is 2.74. The van der Waals surface area contributed by atoms with Crippen LogP contribution in [-0.4, -0.2) is 20.7 Å². The van der Waals surface area contributed by atoms with E-state index in [1.807, 2.05) is 24.3 Å². The Morgan fingerprint density at radius 2 is 1.88 bits per heavy atom. The predicted molar refractivity (Wildman–Crippen MR) is 68.4 cm³/mol. The van der Waals surface area contributed by atoms with Crippen LogP contribution in [0.25, 0.3) is 0 Å². The highest BCUT2D eigenvalue weighted by Gasteiger charge is 2.05. The van der Waals surface area contributed by atoms with Gasteiger partial charge in [0, 0.05) is 12.2 Å². The first-order valence-electron chi connectivity index (χ1n) is 5.76. The Hall–Kier alpha value is -1.10. The Morgan fingerprint density at radius 3 is 2.41 bits per heavy atom. The molecule has 1 N–H and O–H groups in total. The number of unbranched alkanes of at least 4 members (excludes halogenated alkanes) is 1. The average molecular weight is 259 g/mol. The maximum atomic E-state index is 12.2. The van der Waals surface area contributed by atoms with E-state index in [-0.39, 0.29) is 6.54 Å². The van der Waals surface area contributed by atoms with E-state index in [0.717, 1.165) is 24.9 Å². The highest BCUT2D eigenvalue weighted by Crippen LogP contribution is 2.11. The monoisotopic (exact) mass is 259 g/mol. The molecule has 0 aliphatic rings. The molecule has 0 fully saturated rings. The maximum Gasteiger partial charge on any atom is 0.304 e. The summed E-state index contributed by atoms with van der Waals surface area (Å²) in [4.78, 5) is 0. The van der Waals surface area contributed by atoms with Gasteiger partial charge in [-0.05, 0) is 30.5 Å². The minimum atomic E-state index is -4.38. The minimum absolute atomic E-state index is 0.0904. The molecule has 5 heteroatoms. The van der Waals surface area contributed by atoms with Gasteiger partial charge in [-0.1, -0.05) is 25.5 Å². The van der Waals surface area contributed by atoms with Crippen molar-refractivity contribution in [2.24, 2.45) is 0 Å². The Balaban J connectivity index is 2.40. The van der Waals surface area contributed by atoms with Crippen LogP contribution in [0.5, 0.6) is 0 Å². The first kappa shape index (κ1) is 14.0. The number of halogens is 1. The van der Waals surface area contributed by atoms with Crippen molar-refractivity contribution in [3.63, 3.8) is 0 Å². The van der Waals surface area contributed by atoms with Gasteiger partial charge in [-0.2, -0.15) is 8.42 Å². The third kappa shape index (κ3) is 6.26. The van der Waals surface area contributed by atoms with Gasteiger partial charge in [-0.3, -0.25) is 0 Å². The lowest BCUT2D eigenvalue weighted by atomic mass is 10.1. The van der Waals surface area contributed by atoms with E-state index in [4.69, 9.17) is 0 Å². The molecule has 0 saturated carbocycles. The molecule has 0 saturated heterocycles. The van der Waals surface area contributed by atoms with Crippen molar-refractivity contribution in [3.05, 3.63) is 29.8 Å². The van der Waals surface area contributed by atoms with E-state index in [9.17, 15) is 12.3 Å². The van der Waals surface area contributed by atoms with Gasteiger partial charge >= 0.3 is 10.2 Å². The molecule has 0 aliphatic heterocycles. The molecule has 0 aromatic heterocycles. The Labute approximate surface area is 102 Å². The van der Waals surface area contributed by atoms with Crippen molar-refractivity contribution >= 4 is 15.9 Å². The van der Waals surface area contributed by atoms with Crippen LogP contribution in [0.3, 0.4) is 0 Å². The third-order valence-corrected chi connectivity index (χ3v) is 3.14. The summed E-state index contributed by atoms with van der Waals surface area (Å²) in [6, 6.07) is 7.77. The van der Waals surface area contributed by atoms with Gasteiger partial charge < -0.3 is 5.32 Å². The van der Waals surface area contributed by atoms with Crippen molar-refractivity contribution in [1.29, 1.82) is 0 Å². The number of aryl methyl sites for hydroxylation is 1. The molecular weight excluding hydrogens is 241 g/mol. The fraction of sp³-hybridized carbons (Fsp3) is 0.500. The first-order valence-corrected chi connectivity index (χ1v) is 7.31. The second-order valence-corrected chi connectivity index (χ2v) is 5.46. The molecule has 1 aromatic carbocycles. The highest BCUT2D eigenvalue weighted by atomic mass is 32.3. The van der Waals surface area contributed by atoms with Gasteiger partial charge in [0.1, 0.15) is 0 Å². The van der Waals surface area contributed by atoms with Crippen LogP contribution in [0.15, 0.2) is 24.3 Å². The molecule has 17 heavy (non-hydrogen) atoms. The lowest BCUT2D eigenvalue weighted by Gasteiger charge is -2.06. The van der Waals surface area contributed by atoms with Gasteiger partial charge in [-0.15, -0.1) is 3.89 Å². The van der Waals surface area contributed by atoms with Gasteiger partial charge in [-0.25, -0.2) is 0 Å². The first-order chi connectivity index (χ1) is 8.01. The molecule has 0 spiro atoms. The van der Waals surface area contributed by atoms with E-state index < -0.39 is 16.0 Å². The summed E-state index contributed by atoms with van der Waals surface area (Å²) < 4.78 is 32.8. The maximum absolute atomic E-state index is 12.2. The lowest BCUT2D eigenvalue weighted by molar-refractivity contribution is 0.552. The van der Waals surface area contributed by atoms with Gasteiger partial charge in [0.25, 0.3) is 0 Å². The van der Waals surface area contributed by atoms with Gasteiger partial charge in [0.2, 0.25) is 0 Å². The largest absolute Gasteiger partial charge is 0.384 e. The molecule has 1 aromatic rings. The highest BCUT2D eigenvalue weighted by molar-refractivity contribution is 7.86. The molecule has 1 rings (SSSR count). The normalized spacial score (nSPS) is 11.4. The summed E-state index contributed by atoms with van der Waals surface area (Å²) in [5.41, 5.74) is 2.07. The second kappa shape index (κ2) is 6.59.